The van der Waals surface area contributed by atoms with Gasteiger partial charge in [0.25, 0.3) is 5.69 Å². The number of aryl methyl sites for hydroxylation is 1. The minimum absolute atomic E-state index is 0.128. The topological polar surface area (TPSA) is 93.3 Å². The number of anilines is 2. The first-order valence-electron chi connectivity index (χ1n) is 6.96. The molecule has 1 N–H and O–H groups in total. The number of amides is 1. The highest BCUT2D eigenvalue weighted by molar-refractivity contribution is 6.01. The molecule has 0 saturated carbocycles. The highest BCUT2D eigenvalue weighted by Gasteiger charge is 2.34. The summed E-state index contributed by atoms with van der Waals surface area (Å²) in [5.41, 5.74) is 0.413. The Kier molecular flexibility index (Phi) is 3.68. The molecule has 0 spiro atoms. The zero-order valence-electron chi connectivity index (χ0n) is 12.3. The van der Waals surface area contributed by atoms with Crippen molar-refractivity contribution in [3.63, 3.8) is 0 Å². The second-order valence-corrected chi connectivity index (χ2v) is 5.27. The van der Waals surface area contributed by atoms with E-state index in [1.165, 1.54) is 6.07 Å². The van der Waals surface area contributed by atoms with Crippen molar-refractivity contribution in [2.45, 2.75) is 12.5 Å². The second kappa shape index (κ2) is 5.67. The van der Waals surface area contributed by atoms with E-state index in [9.17, 15) is 19.3 Å². The minimum atomic E-state index is -0.697. The molecule has 0 radical (unpaired) electrons. The Morgan fingerprint density at radius 3 is 2.91 bits per heavy atom. The SMILES string of the molecule is Cn1cc(N2CCC(Nc3ccc(F)cc3[N+](=O)[O-])C2=O)cn1. The standard InChI is InChI=1S/C14H14FN5O3/c1-18-8-10(7-16-18)19-5-4-12(14(19)21)17-11-3-2-9(15)6-13(11)20(22)23/h2-3,6-8,12,17H,4-5H2,1H3. The van der Waals surface area contributed by atoms with Crippen LogP contribution in [-0.4, -0.2) is 33.2 Å². The van der Waals surface area contributed by atoms with E-state index in [1.54, 1.807) is 29.0 Å². The molecule has 0 aliphatic carbocycles. The van der Waals surface area contributed by atoms with Crippen LogP contribution in [0.3, 0.4) is 0 Å². The Labute approximate surface area is 130 Å². The quantitative estimate of drug-likeness (QED) is 0.683. The summed E-state index contributed by atoms with van der Waals surface area (Å²) in [6.07, 6.45) is 3.80. The van der Waals surface area contributed by atoms with Gasteiger partial charge in [-0.05, 0) is 18.6 Å². The van der Waals surface area contributed by atoms with Gasteiger partial charge in [0.2, 0.25) is 5.91 Å². The predicted octanol–water partition coefficient (Wildman–Crippen LogP) is 1.68. The zero-order valence-corrected chi connectivity index (χ0v) is 12.3. The number of nitro benzene ring substituents is 1. The molecule has 1 aliphatic heterocycles. The van der Waals surface area contributed by atoms with Crippen LogP contribution in [0.1, 0.15) is 6.42 Å². The lowest BCUT2D eigenvalue weighted by molar-refractivity contribution is -0.384. The molecule has 1 aliphatic rings. The number of nitro groups is 1. The van der Waals surface area contributed by atoms with E-state index in [2.05, 4.69) is 10.4 Å². The number of carbonyl (C=O) groups is 1. The fraction of sp³-hybridized carbons (Fsp3) is 0.286. The summed E-state index contributed by atoms with van der Waals surface area (Å²) in [6.45, 7) is 0.483. The molecule has 2 aromatic rings. The summed E-state index contributed by atoms with van der Waals surface area (Å²) in [4.78, 5) is 24.4. The van der Waals surface area contributed by atoms with Crippen LogP contribution in [0.2, 0.25) is 0 Å². The first-order valence-corrected chi connectivity index (χ1v) is 6.96. The summed E-state index contributed by atoms with van der Waals surface area (Å²) in [5.74, 6) is -0.895. The molecular formula is C14H14FN5O3. The third-order valence-electron chi connectivity index (χ3n) is 3.69. The number of halogens is 1. The molecule has 1 unspecified atom stereocenters. The van der Waals surface area contributed by atoms with Crippen LogP contribution in [-0.2, 0) is 11.8 Å². The number of rotatable bonds is 4. The minimum Gasteiger partial charge on any atom is -0.368 e. The van der Waals surface area contributed by atoms with E-state index in [0.717, 1.165) is 12.1 Å². The molecule has 1 saturated heterocycles. The van der Waals surface area contributed by atoms with Gasteiger partial charge in [-0.3, -0.25) is 19.6 Å². The molecule has 3 rings (SSSR count). The lowest BCUT2D eigenvalue weighted by atomic mass is 10.2. The molecule has 1 amide bonds. The van der Waals surface area contributed by atoms with Crippen molar-refractivity contribution in [2.75, 3.05) is 16.8 Å². The van der Waals surface area contributed by atoms with Gasteiger partial charge in [-0.2, -0.15) is 5.10 Å². The van der Waals surface area contributed by atoms with Crippen LogP contribution in [0.5, 0.6) is 0 Å². The fourth-order valence-electron chi connectivity index (χ4n) is 2.58. The van der Waals surface area contributed by atoms with Crippen molar-refractivity contribution in [1.82, 2.24) is 9.78 Å². The fourth-order valence-corrected chi connectivity index (χ4v) is 2.58. The number of carbonyl (C=O) groups excluding carboxylic acids is 1. The predicted molar refractivity (Wildman–Crippen MR) is 80.6 cm³/mol. The average Bonchev–Trinajstić information content (AvgIpc) is 3.07. The summed E-state index contributed by atoms with van der Waals surface area (Å²) in [6, 6.07) is 2.63. The number of hydrogen-bond donors (Lipinski definition) is 1. The van der Waals surface area contributed by atoms with Crippen LogP contribution >= 0.6 is 0 Å². The average molecular weight is 319 g/mol. The normalized spacial score (nSPS) is 17.6. The summed E-state index contributed by atoms with van der Waals surface area (Å²) >= 11 is 0. The van der Waals surface area contributed by atoms with Crippen LogP contribution < -0.4 is 10.2 Å². The number of benzene rings is 1. The maximum atomic E-state index is 13.2. The smallest absolute Gasteiger partial charge is 0.295 e. The lowest BCUT2D eigenvalue weighted by Crippen LogP contribution is -2.33. The van der Waals surface area contributed by atoms with E-state index in [1.807, 2.05) is 0 Å². The highest BCUT2D eigenvalue weighted by Crippen LogP contribution is 2.29. The van der Waals surface area contributed by atoms with Gasteiger partial charge in [-0.25, -0.2) is 4.39 Å². The maximum absolute atomic E-state index is 13.2. The Morgan fingerprint density at radius 1 is 1.48 bits per heavy atom. The number of nitrogens with one attached hydrogen (secondary N) is 1. The van der Waals surface area contributed by atoms with Crippen molar-refractivity contribution in [2.24, 2.45) is 7.05 Å². The third kappa shape index (κ3) is 2.85. The number of nitrogens with zero attached hydrogens (tertiary/aromatic N) is 4. The van der Waals surface area contributed by atoms with Crippen LogP contribution in [0, 0.1) is 15.9 Å². The van der Waals surface area contributed by atoms with Crippen molar-refractivity contribution >= 4 is 23.0 Å². The highest BCUT2D eigenvalue weighted by atomic mass is 19.1. The van der Waals surface area contributed by atoms with E-state index in [-0.39, 0.29) is 11.6 Å². The molecule has 8 nitrogen and oxygen atoms in total. The molecule has 120 valence electrons. The van der Waals surface area contributed by atoms with Crippen molar-refractivity contribution in [1.29, 1.82) is 0 Å². The van der Waals surface area contributed by atoms with Gasteiger partial charge in [0.15, 0.2) is 0 Å². The van der Waals surface area contributed by atoms with Gasteiger partial charge in [0, 0.05) is 19.8 Å². The van der Waals surface area contributed by atoms with Gasteiger partial charge < -0.3 is 10.2 Å². The van der Waals surface area contributed by atoms with Gasteiger partial charge in [0.1, 0.15) is 17.5 Å². The maximum Gasteiger partial charge on any atom is 0.295 e. The third-order valence-corrected chi connectivity index (χ3v) is 3.69. The van der Waals surface area contributed by atoms with E-state index >= 15 is 0 Å². The summed E-state index contributed by atoms with van der Waals surface area (Å²) in [5, 5.41) is 17.9. The van der Waals surface area contributed by atoms with Gasteiger partial charge in [-0.1, -0.05) is 0 Å². The molecule has 1 atom stereocenters. The van der Waals surface area contributed by atoms with Crippen molar-refractivity contribution in [3.05, 3.63) is 46.5 Å². The number of hydrogen-bond acceptors (Lipinski definition) is 5. The van der Waals surface area contributed by atoms with Crippen molar-refractivity contribution in [3.8, 4) is 0 Å². The monoisotopic (exact) mass is 319 g/mol. The molecule has 9 heteroatoms. The Balaban J connectivity index is 1.80. The lowest BCUT2D eigenvalue weighted by Gasteiger charge is -2.15. The Hall–Kier alpha value is -2.97. The molecule has 1 aromatic carbocycles. The molecule has 2 heterocycles. The molecule has 0 bridgehead atoms. The van der Waals surface area contributed by atoms with Crippen LogP contribution in [0.15, 0.2) is 30.6 Å². The zero-order chi connectivity index (χ0) is 16.6. The second-order valence-electron chi connectivity index (χ2n) is 5.27. The molecule has 1 aromatic heterocycles. The molecular weight excluding hydrogens is 305 g/mol. The Morgan fingerprint density at radius 2 is 2.26 bits per heavy atom. The van der Waals surface area contributed by atoms with Crippen LogP contribution in [0.4, 0.5) is 21.5 Å². The van der Waals surface area contributed by atoms with Crippen molar-refractivity contribution < 1.29 is 14.1 Å². The largest absolute Gasteiger partial charge is 0.368 e. The first-order chi connectivity index (χ1) is 11.0. The first kappa shape index (κ1) is 14.9. The van der Waals surface area contributed by atoms with E-state index in [4.69, 9.17) is 0 Å². The van der Waals surface area contributed by atoms with E-state index < -0.39 is 22.5 Å². The van der Waals surface area contributed by atoms with Crippen LogP contribution in [0.25, 0.3) is 0 Å². The van der Waals surface area contributed by atoms with E-state index in [0.29, 0.717) is 18.7 Å². The summed E-state index contributed by atoms with van der Waals surface area (Å²) < 4.78 is 14.8. The summed E-state index contributed by atoms with van der Waals surface area (Å²) in [7, 11) is 1.75. The molecule has 23 heavy (non-hydrogen) atoms. The number of aromatic nitrogens is 2. The Bertz CT molecular complexity index is 776. The van der Waals surface area contributed by atoms with Gasteiger partial charge in [-0.15, -0.1) is 0 Å². The van der Waals surface area contributed by atoms with Gasteiger partial charge >= 0.3 is 0 Å². The van der Waals surface area contributed by atoms with Gasteiger partial charge in [0.05, 0.1) is 22.9 Å². The molecule has 1 fully saturated rings.